The van der Waals surface area contributed by atoms with Crippen molar-refractivity contribution in [1.29, 1.82) is 0 Å². The van der Waals surface area contributed by atoms with Gasteiger partial charge in [0.25, 0.3) is 0 Å². The quantitative estimate of drug-likeness (QED) is 0.891. The fraction of sp³-hybridized carbons (Fsp3) is 0.500. The van der Waals surface area contributed by atoms with E-state index < -0.39 is 12.1 Å². The van der Waals surface area contributed by atoms with Crippen LogP contribution in [0.1, 0.15) is 24.0 Å². The van der Waals surface area contributed by atoms with Crippen molar-refractivity contribution in [3.8, 4) is 5.75 Å². The molecule has 0 bridgehead atoms. The average Bonchev–Trinajstić information content (AvgIpc) is 2.80. The number of hydrogen-bond acceptors (Lipinski definition) is 3. The van der Waals surface area contributed by atoms with Gasteiger partial charge < -0.3 is 14.6 Å². The number of carboxylic acids is 1. The Morgan fingerprint density at radius 3 is 2.89 bits per heavy atom. The van der Waals surface area contributed by atoms with E-state index in [2.05, 4.69) is 0 Å². The molecule has 0 radical (unpaired) electrons. The highest BCUT2D eigenvalue weighted by atomic mass is 16.6. The highest BCUT2D eigenvalue weighted by molar-refractivity contribution is 5.72. The van der Waals surface area contributed by atoms with Gasteiger partial charge in [-0.25, -0.2) is 4.79 Å². The average molecular weight is 250 g/mol. The van der Waals surface area contributed by atoms with Crippen molar-refractivity contribution >= 4 is 5.97 Å². The number of benzene rings is 1. The van der Waals surface area contributed by atoms with Gasteiger partial charge in [0.2, 0.25) is 0 Å². The molecule has 0 aromatic heterocycles. The SMILES string of the molecule is Cc1cccc(OCC2CCC(C(=O)O)O2)c1C. The Bertz CT molecular complexity index is 441. The zero-order chi connectivity index (χ0) is 13.1. The van der Waals surface area contributed by atoms with Crippen molar-refractivity contribution in [2.45, 2.75) is 38.9 Å². The third kappa shape index (κ3) is 2.82. The van der Waals surface area contributed by atoms with Crippen LogP contribution in [0.15, 0.2) is 18.2 Å². The van der Waals surface area contributed by atoms with Crippen LogP contribution >= 0.6 is 0 Å². The summed E-state index contributed by atoms with van der Waals surface area (Å²) in [5.41, 5.74) is 2.30. The summed E-state index contributed by atoms with van der Waals surface area (Å²) in [6.45, 7) is 4.46. The Morgan fingerprint density at radius 2 is 2.22 bits per heavy atom. The number of ether oxygens (including phenoxy) is 2. The molecule has 2 rings (SSSR count). The topological polar surface area (TPSA) is 55.8 Å². The molecule has 2 atom stereocenters. The van der Waals surface area contributed by atoms with E-state index in [1.54, 1.807) is 0 Å². The van der Waals surface area contributed by atoms with Gasteiger partial charge in [-0.2, -0.15) is 0 Å². The first-order valence-electron chi connectivity index (χ1n) is 6.15. The van der Waals surface area contributed by atoms with Crippen LogP contribution in [0.4, 0.5) is 0 Å². The largest absolute Gasteiger partial charge is 0.491 e. The maximum Gasteiger partial charge on any atom is 0.332 e. The second-order valence-corrected chi connectivity index (χ2v) is 4.67. The maximum absolute atomic E-state index is 10.8. The molecule has 0 saturated carbocycles. The molecule has 1 aromatic carbocycles. The van der Waals surface area contributed by atoms with E-state index in [0.29, 0.717) is 13.0 Å². The molecule has 1 aliphatic heterocycles. The summed E-state index contributed by atoms with van der Waals surface area (Å²) in [5, 5.41) is 8.83. The minimum Gasteiger partial charge on any atom is -0.491 e. The van der Waals surface area contributed by atoms with Gasteiger partial charge in [0.15, 0.2) is 6.10 Å². The summed E-state index contributed by atoms with van der Waals surface area (Å²) in [6, 6.07) is 5.91. The van der Waals surface area contributed by atoms with Gasteiger partial charge >= 0.3 is 5.97 Å². The van der Waals surface area contributed by atoms with Crippen LogP contribution in [0.3, 0.4) is 0 Å². The summed E-state index contributed by atoms with van der Waals surface area (Å²) in [6.07, 6.45) is 0.515. The van der Waals surface area contributed by atoms with Gasteiger partial charge in [-0.05, 0) is 43.9 Å². The van der Waals surface area contributed by atoms with Gasteiger partial charge in [0.1, 0.15) is 12.4 Å². The van der Waals surface area contributed by atoms with E-state index in [4.69, 9.17) is 14.6 Å². The number of rotatable bonds is 4. The fourth-order valence-corrected chi connectivity index (χ4v) is 2.07. The second kappa shape index (κ2) is 5.40. The predicted octanol–water partition coefficient (Wildman–Crippen LogP) is 2.31. The molecule has 18 heavy (non-hydrogen) atoms. The van der Waals surface area contributed by atoms with Crippen LogP contribution in [0, 0.1) is 13.8 Å². The molecule has 1 heterocycles. The van der Waals surface area contributed by atoms with Gasteiger partial charge in [-0.15, -0.1) is 0 Å². The zero-order valence-electron chi connectivity index (χ0n) is 10.7. The zero-order valence-corrected chi connectivity index (χ0v) is 10.7. The summed E-state index contributed by atoms with van der Waals surface area (Å²) < 4.78 is 11.1. The van der Waals surface area contributed by atoms with Crippen molar-refractivity contribution < 1.29 is 19.4 Å². The van der Waals surface area contributed by atoms with Crippen LogP contribution in [-0.2, 0) is 9.53 Å². The van der Waals surface area contributed by atoms with Crippen molar-refractivity contribution in [3.63, 3.8) is 0 Å². The van der Waals surface area contributed by atoms with Crippen LogP contribution in [0.25, 0.3) is 0 Å². The van der Waals surface area contributed by atoms with E-state index in [-0.39, 0.29) is 6.10 Å². The van der Waals surface area contributed by atoms with Crippen LogP contribution in [0.5, 0.6) is 5.75 Å². The molecule has 4 nitrogen and oxygen atoms in total. The summed E-state index contributed by atoms with van der Waals surface area (Å²) in [4.78, 5) is 10.8. The van der Waals surface area contributed by atoms with Crippen LogP contribution < -0.4 is 4.74 Å². The molecule has 0 spiro atoms. The minimum absolute atomic E-state index is 0.119. The molecule has 98 valence electrons. The molecule has 2 unspecified atom stereocenters. The van der Waals surface area contributed by atoms with E-state index in [9.17, 15) is 4.79 Å². The van der Waals surface area contributed by atoms with Crippen molar-refractivity contribution in [2.24, 2.45) is 0 Å². The minimum atomic E-state index is -0.885. The maximum atomic E-state index is 10.8. The predicted molar refractivity (Wildman–Crippen MR) is 66.9 cm³/mol. The molecule has 1 aliphatic rings. The lowest BCUT2D eigenvalue weighted by atomic mass is 10.1. The summed E-state index contributed by atoms with van der Waals surface area (Å²) >= 11 is 0. The standard InChI is InChI=1S/C14H18O4/c1-9-4-3-5-12(10(9)2)17-8-11-6-7-13(18-11)14(15)16/h3-5,11,13H,6-8H2,1-2H3,(H,15,16). The third-order valence-corrected chi connectivity index (χ3v) is 3.36. The number of carbonyl (C=O) groups is 1. The van der Waals surface area contributed by atoms with E-state index >= 15 is 0 Å². The summed E-state index contributed by atoms with van der Waals surface area (Å²) in [7, 11) is 0. The molecule has 1 fully saturated rings. The fourth-order valence-electron chi connectivity index (χ4n) is 2.07. The lowest BCUT2D eigenvalue weighted by Crippen LogP contribution is -2.23. The van der Waals surface area contributed by atoms with Crippen molar-refractivity contribution in [3.05, 3.63) is 29.3 Å². The first-order chi connectivity index (χ1) is 8.58. The third-order valence-electron chi connectivity index (χ3n) is 3.36. The van der Waals surface area contributed by atoms with E-state index in [1.165, 1.54) is 5.56 Å². The van der Waals surface area contributed by atoms with Crippen LogP contribution in [-0.4, -0.2) is 29.9 Å². The smallest absolute Gasteiger partial charge is 0.332 e. The number of carboxylic acid groups (broad SMARTS) is 1. The molecule has 1 N–H and O–H groups in total. The molecular formula is C14H18O4. The Balaban J connectivity index is 1.89. The van der Waals surface area contributed by atoms with Crippen molar-refractivity contribution in [2.75, 3.05) is 6.61 Å². The Morgan fingerprint density at radius 1 is 1.44 bits per heavy atom. The first-order valence-corrected chi connectivity index (χ1v) is 6.15. The van der Waals surface area contributed by atoms with Gasteiger partial charge in [-0.1, -0.05) is 12.1 Å². The number of aliphatic carboxylic acids is 1. The molecule has 0 amide bonds. The Labute approximate surface area is 107 Å². The lowest BCUT2D eigenvalue weighted by Gasteiger charge is -2.15. The normalized spacial score (nSPS) is 23.0. The van der Waals surface area contributed by atoms with Gasteiger partial charge in [-0.3, -0.25) is 0 Å². The van der Waals surface area contributed by atoms with Gasteiger partial charge in [0, 0.05) is 0 Å². The Hall–Kier alpha value is -1.55. The molecule has 0 aliphatic carbocycles. The highest BCUT2D eigenvalue weighted by Gasteiger charge is 2.30. The lowest BCUT2D eigenvalue weighted by molar-refractivity contribution is -0.149. The van der Waals surface area contributed by atoms with E-state index in [1.807, 2.05) is 32.0 Å². The second-order valence-electron chi connectivity index (χ2n) is 4.67. The first kappa shape index (κ1) is 12.9. The molecule has 1 aromatic rings. The van der Waals surface area contributed by atoms with Crippen molar-refractivity contribution in [1.82, 2.24) is 0 Å². The van der Waals surface area contributed by atoms with Crippen LogP contribution in [0.2, 0.25) is 0 Å². The molecule has 4 heteroatoms. The monoisotopic (exact) mass is 250 g/mol. The highest BCUT2D eigenvalue weighted by Crippen LogP contribution is 2.24. The Kier molecular flexibility index (Phi) is 3.87. The number of aryl methyl sites for hydroxylation is 1. The van der Waals surface area contributed by atoms with Gasteiger partial charge in [0.05, 0.1) is 6.10 Å². The number of hydrogen-bond donors (Lipinski definition) is 1. The summed E-state index contributed by atoms with van der Waals surface area (Å²) in [5.74, 6) is -0.0402. The van der Waals surface area contributed by atoms with E-state index in [0.717, 1.165) is 17.7 Å². The molecule has 1 saturated heterocycles. The molecular weight excluding hydrogens is 232 g/mol.